The van der Waals surface area contributed by atoms with Crippen molar-refractivity contribution in [3.63, 3.8) is 0 Å². The van der Waals surface area contributed by atoms with Crippen molar-refractivity contribution in [2.24, 2.45) is 0 Å². The Labute approximate surface area is 118 Å². The maximum atomic E-state index is 10.0. The Kier molecular flexibility index (Phi) is 18.6. The zero-order chi connectivity index (χ0) is 12.3. The summed E-state index contributed by atoms with van der Waals surface area (Å²) in [5, 5.41) is 8.27. The van der Waals surface area contributed by atoms with E-state index in [0.29, 0.717) is 6.42 Å². The van der Waals surface area contributed by atoms with Crippen LogP contribution in [0.4, 0.5) is 0 Å². The summed E-state index contributed by atoms with van der Waals surface area (Å²) in [7, 11) is -4.89. The summed E-state index contributed by atoms with van der Waals surface area (Å²) in [6.45, 7) is 2.15. The van der Waals surface area contributed by atoms with Gasteiger partial charge in [0.1, 0.15) is 0 Å². The third kappa shape index (κ3) is 46.8. The zero-order valence-electron chi connectivity index (χ0n) is 9.76. The molecule has 0 saturated carbocycles. The van der Waals surface area contributed by atoms with E-state index in [4.69, 9.17) is 24.4 Å². The van der Waals surface area contributed by atoms with Gasteiger partial charge in [0.15, 0.2) is 0 Å². The first-order valence-electron chi connectivity index (χ1n) is 4.75. The fourth-order valence-electron chi connectivity index (χ4n) is 0.880. The van der Waals surface area contributed by atoms with Crippen molar-refractivity contribution in [3.05, 3.63) is 0 Å². The van der Waals surface area contributed by atoms with Gasteiger partial charge in [-0.25, -0.2) is 0 Å². The minimum absolute atomic E-state index is 0. The topological polar surface area (TPSA) is 118 Å². The van der Waals surface area contributed by atoms with Crippen molar-refractivity contribution in [1.82, 2.24) is 0 Å². The number of unbranched alkanes of at least 4 members (excludes halogenated alkanes) is 4. The standard InChI is InChI=1S/C8H16O2.Na.H3O4P/c1-2-3-4-5-6-7-8(9)10;;1-5(2,3)4/h2-7H2,1H3,(H,9,10);;(H3,1,2,3,4)/q;+1;/p-1. The summed E-state index contributed by atoms with van der Waals surface area (Å²) in [5.41, 5.74) is 0. The number of hydrogen-bond acceptors (Lipinski definition) is 3. The first-order valence-corrected chi connectivity index (χ1v) is 6.28. The van der Waals surface area contributed by atoms with Crippen molar-refractivity contribution in [2.75, 3.05) is 0 Å². The Bertz CT molecular complexity index is 196. The van der Waals surface area contributed by atoms with Gasteiger partial charge in [0.05, 0.1) is 0 Å². The summed E-state index contributed by atoms with van der Waals surface area (Å²) in [5.74, 6) is -0.670. The molecular weight excluding hydrogens is 246 g/mol. The fourth-order valence-corrected chi connectivity index (χ4v) is 0.880. The average molecular weight is 264 g/mol. The molecule has 0 aliphatic carbocycles. The molecule has 0 amide bonds. The molecule has 0 saturated heterocycles. The molecule has 6 nitrogen and oxygen atoms in total. The molecule has 0 aliphatic rings. The first-order chi connectivity index (χ1) is 6.77. The van der Waals surface area contributed by atoms with E-state index >= 15 is 0 Å². The molecule has 0 radical (unpaired) electrons. The largest absolute Gasteiger partial charge is 1.00 e. The number of aliphatic carboxylic acids is 1. The molecule has 0 fully saturated rings. The Balaban J connectivity index is -0.000000242. The van der Waals surface area contributed by atoms with Crippen LogP contribution in [0.2, 0.25) is 0 Å². The van der Waals surface area contributed by atoms with Gasteiger partial charge < -0.3 is 19.8 Å². The minimum atomic E-state index is -4.89. The molecule has 0 aromatic rings. The van der Waals surface area contributed by atoms with Crippen LogP contribution in [0.1, 0.15) is 45.4 Å². The Hall–Kier alpha value is 0.580. The predicted octanol–water partition coefficient (Wildman–Crippen LogP) is -2.13. The second-order valence-electron chi connectivity index (χ2n) is 3.05. The maximum absolute atomic E-state index is 10.0. The van der Waals surface area contributed by atoms with Gasteiger partial charge in [0, 0.05) is 6.42 Å². The van der Waals surface area contributed by atoms with E-state index in [1.54, 1.807) is 0 Å². The van der Waals surface area contributed by atoms with Crippen LogP contribution < -0.4 is 34.5 Å². The van der Waals surface area contributed by atoms with E-state index in [2.05, 4.69) is 6.92 Å². The number of carbonyl (C=O) groups is 1. The van der Waals surface area contributed by atoms with Crippen LogP contribution >= 0.6 is 7.82 Å². The predicted molar refractivity (Wildman–Crippen MR) is 53.1 cm³/mol. The third-order valence-corrected chi connectivity index (χ3v) is 1.49. The van der Waals surface area contributed by atoms with E-state index < -0.39 is 13.8 Å². The molecular formula is C8H18NaO6P. The molecule has 16 heavy (non-hydrogen) atoms. The van der Waals surface area contributed by atoms with Gasteiger partial charge in [-0.15, -0.1) is 0 Å². The molecule has 0 bridgehead atoms. The van der Waals surface area contributed by atoms with Crippen molar-refractivity contribution in [1.29, 1.82) is 0 Å². The van der Waals surface area contributed by atoms with Gasteiger partial charge >= 0.3 is 35.5 Å². The smallest absolute Gasteiger partial charge is 0.756 e. The fraction of sp³-hybridized carbons (Fsp3) is 0.875. The van der Waals surface area contributed by atoms with Crippen LogP contribution in [0.5, 0.6) is 0 Å². The molecule has 0 aromatic carbocycles. The SMILES string of the molecule is CCCCCCCC(=O)O.O=P([O-])(O)O.[Na+]. The van der Waals surface area contributed by atoms with Gasteiger partial charge in [-0.3, -0.25) is 9.36 Å². The average Bonchev–Trinajstić information content (AvgIpc) is 2.00. The van der Waals surface area contributed by atoms with Crippen LogP contribution in [0.3, 0.4) is 0 Å². The van der Waals surface area contributed by atoms with Crippen LogP contribution in [-0.4, -0.2) is 20.9 Å². The summed E-state index contributed by atoms with van der Waals surface area (Å²) in [6, 6.07) is 0. The molecule has 92 valence electrons. The molecule has 0 aliphatic heterocycles. The third-order valence-electron chi connectivity index (χ3n) is 1.49. The summed E-state index contributed by atoms with van der Waals surface area (Å²) < 4.78 is 8.77. The molecule has 0 unspecified atom stereocenters. The molecule has 0 spiro atoms. The first kappa shape index (κ1) is 21.8. The van der Waals surface area contributed by atoms with Crippen molar-refractivity contribution in [3.8, 4) is 0 Å². The number of rotatable bonds is 6. The van der Waals surface area contributed by atoms with E-state index in [0.717, 1.165) is 12.8 Å². The van der Waals surface area contributed by atoms with Gasteiger partial charge in [-0.2, -0.15) is 0 Å². The molecule has 3 N–H and O–H groups in total. The monoisotopic (exact) mass is 264 g/mol. The molecule has 0 heterocycles. The van der Waals surface area contributed by atoms with Crippen LogP contribution in [0.15, 0.2) is 0 Å². The van der Waals surface area contributed by atoms with Crippen LogP contribution in [-0.2, 0) is 9.36 Å². The van der Waals surface area contributed by atoms with E-state index in [1.165, 1.54) is 19.3 Å². The quantitative estimate of drug-likeness (QED) is 0.287. The zero-order valence-corrected chi connectivity index (χ0v) is 12.7. The van der Waals surface area contributed by atoms with Gasteiger partial charge in [-0.05, 0) is 6.42 Å². The maximum Gasteiger partial charge on any atom is 1.00 e. The summed E-state index contributed by atoms with van der Waals surface area (Å²) >= 11 is 0. The van der Waals surface area contributed by atoms with Crippen molar-refractivity contribution < 1.29 is 58.7 Å². The van der Waals surface area contributed by atoms with Gasteiger partial charge in [0.25, 0.3) is 7.82 Å². The van der Waals surface area contributed by atoms with Crippen molar-refractivity contribution >= 4 is 13.8 Å². The normalized spacial score (nSPS) is 9.75. The molecule has 0 rings (SSSR count). The molecule has 0 aromatic heterocycles. The van der Waals surface area contributed by atoms with Crippen molar-refractivity contribution in [2.45, 2.75) is 45.4 Å². The Morgan fingerprint density at radius 3 is 1.88 bits per heavy atom. The van der Waals surface area contributed by atoms with E-state index in [9.17, 15) is 4.79 Å². The van der Waals surface area contributed by atoms with E-state index in [1.807, 2.05) is 0 Å². The number of hydrogen-bond donors (Lipinski definition) is 3. The second-order valence-corrected chi connectivity index (χ2v) is 4.03. The molecule has 0 atom stereocenters. The number of carboxylic acids is 1. The molecule has 8 heteroatoms. The summed E-state index contributed by atoms with van der Waals surface area (Å²) in [4.78, 5) is 33.0. The van der Waals surface area contributed by atoms with Gasteiger partial charge in [-0.1, -0.05) is 32.6 Å². The Morgan fingerprint density at radius 2 is 1.56 bits per heavy atom. The van der Waals surface area contributed by atoms with Gasteiger partial charge in [0.2, 0.25) is 0 Å². The minimum Gasteiger partial charge on any atom is -0.756 e. The van der Waals surface area contributed by atoms with E-state index in [-0.39, 0.29) is 29.6 Å². The van der Waals surface area contributed by atoms with Crippen LogP contribution in [0, 0.1) is 0 Å². The Morgan fingerprint density at radius 1 is 1.19 bits per heavy atom. The number of phosphoric acid groups is 1. The number of carboxylic acid groups (broad SMARTS) is 1. The van der Waals surface area contributed by atoms with Crippen LogP contribution in [0.25, 0.3) is 0 Å². The second kappa shape index (κ2) is 13.6. The summed E-state index contributed by atoms with van der Waals surface area (Å²) in [6.07, 6.45) is 5.88.